The van der Waals surface area contributed by atoms with Crippen LogP contribution in [0.3, 0.4) is 0 Å². The smallest absolute Gasteiger partial charge is 0.271 e. The van der Waals surface area contributed by atoms with Crippen LogP contribution in [0.1, 0.15) is 28.4 Å². The lowest BCUT2D eigenvalue weighted by Gasteiger charge is -2.26. The monoisotopic (exact) mass is 337 g/mol. The van der Waals surface area contributed by atoms with E-state index in [0.717, 1.165) is 44.1 Å². The molecule has 1 saturated heterocycles. The van der Waals surface area contributed by atoms with Gasteiger partial charge in [0.2, 0.25) is 0 Å². The zero-order valence-electron chi connectivity index (χ0n) is 14.4. The van der Waals surface area contributed by atoms with Crippen LogP contribution in [0.5, 0.6) is 0 Å². The lowest BCUT2D eigenvalue weighted by Crippen LogP contribution is -2.35. The average molecular weight is 337 g/mol. The van der Waals surface area contributed by atoms with E-state index in [9.17, 15) is 4.79 Å². The SMILES string of the molecule is C/C(=N\NC(=O)c1ccc(CN2CCOCC2)cc1)c1ccccc1. The van der Waals surface area contributed by atoms with E-state index >= 15 is 0 Å². The van der Waals surface area contributed by atoms with Gasteiger partial charge in [-0.25, -0.2) is 5.43 Å². The molecule has 2 aromatic rings. The lowest BCUT2D eigenvalue weighted by molar-refractivity contribution is 0.0342. The number of morpholine rings is 1. The molecule has 1 aliphatic rings. The van der Waals surface area contributed by atoms with Gasteiger partial charge in [-0.05, 0) is 30.2 Å². The Morgan fingerprint density at radius 3 is 2.40 bits per heavy atom. The average Bonchev–Trinajstić information content (AvgIpc) is 2.68. The number of nitrogens with one attached hydrogen (secondary N) is 1. The summed E-state index contributed by atoms with van der Waals surface area (Å²) >= 11 is 0. The molecule has 1 N–H and O–H groups in total. The molecule has 130 valence electrons. The van der Waals surface area contributed by atoms with Gasteiger partial charge < -0.3 is 4.74 Å². The summed E-state index contributed by atoms with van der Waals surface area (Å²) in [6.45, 7) is 6.25. The number of hydrazone groups is 1. The van der Waals surface area contributed by atoms with Crippen LogP contribution in [0.4, 0.5) is 0 Å². The third-order valence-corrected chi connectivity index (χ3v) is 4.24. The number of carbonyl (C=O) groups is 1. The molecule has 0 atom stereocenters. The molecule has 1 aliphatic heterocycles. The van der Waals surface area contributed by atoms with Gasteiger partial charge in [-0.3, -0.25) is 9.69 Å². The lowest BCUT2D eigenvalue weighted by atomic mass is 10.1. The van der Waals surface area contributed by atoms with Crippen molar-refractivity contribution in [3.63, 3.8) is 0 Å². The van der Waals surface area contributed by atoms with Gasteiger partial charge >= 0.3 is 0 Å². The number of ether oxygens (including phenoxy) is 1. The summed E-state index contributed by atoms with van der Waals surface area (Å²) < 4.78 is 5.36. The van der Waals surface area contributed by atoms with Crippen LogP contribution in [0, 0.1) is 0 Å². The first-order chi connectivity index (χ1) is 12.2. The molecule has 0 bridgehead atoms. The van der Waals surface area contributed by atoms with Gasteiger partial charge in [0.05, 0.1) is 18.9 Å². The molecule has 2 aromatic carbocycles. The maximum Gasteiger partial charge on any atom is 0.271 e. The zero-order chi connectivity index (χ0) is 17.5. The van der Waals surface area contributed by atoms with E-state index < -0.39 is 0 Å². The Labute approximate surface area is 148 Å². The van der Waals surface area contributed by atoms with E-state index in [1.807, 2.05) is 61.5 Å². The highest BCUT2D eigenvalue weighted by molar-refractivity contribution is 6.00. The standard InChI is InChI=1S/C20H23N3O2/c1-16(18-5-3-2-4-6-18)21-22-20(24)19-9-7-17(8-10-19)15-23-11-13-25-14-12-23/h2-10H,11-15H2,1H3,(H,22,24)/b21-16+. The van der Waals surface area contributed by atoms with Crippen LogP contribution in [-0.4, -0.2) is 42.8 Å². The van der Waals surface area contributed by atoms with Gasteiger partial charge in [0.1, 0.15) is 0 Å². The second-order valence-corrected chi connectivity index (χ2v) is 6.09. The molecule has 1 heterocycles. The van der Waals surface area contributed by atoms with E-state index in [0.29, 0.717) is 5.56 Å². The Balaban J connectivity index is 1.57. The van der Waals surface area contributed by atoms with Crippen molar-refractivity contribution in [2.24, 2.45) is 5.10 Å². The molecule has 0 unspecified atom stereocenters. The predicted molar refractivity (Wildman–Crippen MR) is 98.7 cm³/mol. The Kier molecular flexibility index (Phi) is 5.93. The van der Waals surface area contributed by atoms with Crippen molar-refractivity contribution in [1.82, 2.24) is 10.3 Å². The molecule has 3 rings (SSSR count). The van der Waals surface area contributed by atoms with Crippen molar-refractivity contribution in [1.29, 1.82) is 0 Å². The number of hydrogen-bond donors (Lipinski definition) is 1. The largest absolute Gasteiger partial charge is 0.379 e. The normalized spacial score (nSPS) is 15.8. The molecule has 25 heavy (non-hydrogen) atoms. The topological polar surface area (TPSA) is 53.9 Å². The second-order valence-electron chi connectivity index (χ2n) is 6.09. The number of carbonyl (C=O) groups excluding carboxylic acids is 1. The maximum atomic E-state index is 12.2. The minimum atomic E-state index is -0.201. The Morgan fingerprint density at radius 2 is 1.72 bits per heavy atom. The summed E-state index contributed by atoms with van der Waals surface area (Å²) in [5.41, 5.74) is 6.19. The van der Waals surface area contributed by atoms with Crippen LogP contribution >= 0.6 is 0 Å². The first-order valence-electron chi connectivity index (χ1n) is 8.51. The molecule has 5 nitrogen and oxygen atoms in total. The first kappa shape index (κ1) is 17.3. The summed E-state index contributed by atoms with van der Waals surface area (Å²) in [7, 11) is 0. The second kappa shape index (κ2) is 8.55. The Hall–Kier alpha value is -2.50. The highest BCUT2D eigenvalue weighted by Gasteiger charge is 2.11. The summed E-state index contributed by atoms with van der Waals surface area (Å²) in [6, 6.07) is 17.5. The fourth-order valence-electron chi connectivity index (χ4n) is 2.72. The minimum absolute atomic E-state index is 0.201. The number of hydrogen-bond acceptors (Lipinski definition) is 4. The van der Waals surface area contributed by atoms with E-state index in [4.69, 9.17) is 4.74 Å². The summed E-state index contributed by atoms with van der Waals surface area (Å²) in [5, 5.41) is 4.18. The number of benzene rings is 2. The summed E-state index contributed by atoms with van der Waals surface area (Å²) in [6.07, 6.45) is 0. The first-order valence-corrected chi connectivity index (χ1v) is 8.51. The van der Waals surface area contributed by atoms with Gasteiger partial charge in [-0.1, -0.05) is 42.5 Å². The number of rotatable bonds is 5. The predicted octanol–water partition coefficient (Wildman–Crippen LogP) is 2.67. The van der Waals surface area contributed by atoms with Crippen molar-refractivity contribution in [3.8, 4) is 0 Å². The molecule has 0 saturated carbocycles. The molecule has 1 fully saturated rings. The maximum absolute atomic E-state index is 12.2. The third-order valence-electron chi connectivity index (χ3n) is 4.24. The van der Waals surface area contributed by atoms with Crippen molar-refractivity contribution in [2.75, 3.05) is 26.3 Å². The fourth-order valence-corrected chi connectivity index (χ4v) is 2.72. The van der Waals surface area contributed by atoms with Gasteiger partial charge in [0.15, 0.2) is 0 Å². The van der Waals surface area contributed by atoms with E-state index in [2.05, 4.69) is 15.4 Å². The van der Waals surface area contributed by atoms with Crippen LogP contribution in [0.15, 0.2) is 59.7 Å². The molecule has 0 spiro atoms. The minimum Gasteiger partial charge on any atom is -0.379 e. The molecule has 5 heteroatoms. The van der Waals surface area contributed by atoms with Crippen molar-refractivity contribution in [2.45, 2.75) is 13.5 Å². The van der Waals surface area contributed by atoms with Crippen LogP contribution < -0.4 is 5.43 Å². The molecule has 1 amide bonds. The number of amides is 1. The van der Waals surface area contributed by atoms with Crippen LogP contribution in [0.25, 0.3) is 0 Å². The Bertz CT molecular complexity index is 720. The van der Waals surface area contributed by atoms with Crippen LogP contribution in [0.2, 0.25) is 0 Å². The number of nitrogens with zero attached hydrogens (tertiary/aromatic N) is 2. The van der Waals surface area contributed by atoms with E-state index in [-0.39, 0.29) is 5.91 Å². The highest BCUT2D eigenvalue weighted by atomic mass is 16.5. The van der Waals surface area contributed by atoms with Gasteiger partial charge in [0, 0.05) is 25.2 Å². The van der Waals surface area contributed by atoms with Crippen molar-refractivity contribution >= 4 is 11.6 Å². The Morgan fingerprint density at radius 1 is 1.04 bits per heavy atom. The zero-order valence-corrected chi connectivity index (χ0v) is 14.4. The van der Waals surface area contributed by atoms with Crippen LogP contribution in [-0.2, 0) is 11.3 Å². The molecule has 0 aliphatic carbocycles. The molecular weight excluding hydrogens is 314 g/mol. The highest BCUT2D eigenvalue weighted by Crippen LogP contribution is 2.09. The van der Waals surface area contributed by atoms with E-state index in [1.165, 1.54) is 5.56 Å². The quantitative estimate of drug-likeness (QED) is 0.674. The summed E-state index contributed by atoms with van der Waals surface area (Å²) in [5.74, 6) is -0.201. The summed E-state index contributed by atoms with van der Waals surface area (Å²) in [4.78, 5) is 14.6. The van der Waals surface area contributed by atoms with Gasteiger partial charge in [-0.15, -0.1) is 0 Å². The molecule has 0 aromatic heterocycles. The van der Waals surface area contributed by atoms with Gasteiger partial charge in [0.25, 0.3) is 5.91 Å². The molecular formula is C20H23N3O2. The van der Waals surface area contributed by atoms with E-state index in [1.54, 1.807) is 0 Å². The van der Waals surface area contributed by atoms with Crippen molar-refractivity contribution in [3.05, 3.63) is 71.3 Å². The van der Waals surface area contributed by atoms with Gasteiger partial charge in [-0.2, -0.15) is 5.10 Å². The van der Waals surface area contributed by atoms with Crippen molar-refractivity contribution < 1.29 is 9.53 Å². The molecule has 0 radical (unpaired) electrons. The third kappa shape index (κ3) is 4.98. The fraction of sp³-hybridized carbons (Fsp3) is 0.300.